The van der Waals surface area contributed by atoms with E-state index < -0.39 is 12.1 Å². The number of aliphatic carboxylic acids is 1. The Morgan fingerprint density at radius 3 is 2.65 bits per heavy atom. The van der Waals surface area contributed by atoms with Crippen molar-refractivity contribution in [2.45, 2.75) is 52.2 Å². The standard InChI is InChI=1S/C16H25NO3/c1-4-9-17-14(7-8-15(18)19)16(20)13-10-11(2)5-6-12(13)3/h5-6,10,14,16-17,20H,4,7-9H2,1-3H3,(H,18,19). The average Bonchev–Trinajstić information content (AvgIpc) is 2.40. The van der Waals surface area contributed by atoms with E-state index in [4.69, 9.17) is 5.11 Å². The van der Waals surface area contributed by atoms with Crippen LogP contribution in [0.25, 0.3) is 0 Å². The number of benzene rings is 1. The highest BCUT2D eigenvalue weighted by atomic mass is 16.4. The summed E-state index contributed by atoms with van der Waals surface area (Å²) in [5.74, 6) is -0.832. The first-order valence-corrected chi connectivity index (χ1v) is 7.16. The summed E-state index contributed by atoms with van der Waals surface area (Å²) in [6.45, 7) is 6.77. The topological polar surface area (TPSA) is 69.6 Å². The molecule has 0 heterocycles. The van der Waals surface area contributed by atoms with Gasteiger partial charge in [0.25, 0.3) is 0 Å². The van der Waals surface area contributed by atoms with E-state index in [1.165, 1.54) is 0 Å². The van der Waals surface area contributed by atoms with Gasteiger partial charge in [-0.15, -0.1) is 0 Å². The molecule has 1 aromatic rings. The van der Waals surface area contributed by atoms with Gasteiger partial charge < -0.3 is 15.5 Å². The lowest BCUT2D eigenvalue weighted by Gasteiger charge is -2.25. The third kappa shape index (κ3) is 4.94. The molecular weight excluding hydrogens is 254 g/mol. The van der Waals surface area contributed by atoms with Gasteiger partial charge in [0, 0.05) is 12.5 Å². The molecule has 0 amide bonds. The van der Waals surface area contributed by atoms with E-state index >= 15 is 0 Å². The number of hydrogen-bond donors (Lipinski definition) is 3. The Balaban J connectivity index is 2.86. The number of hydrogen-bond acceptors (Lipinski definition) is 3. The van der Waals surface area contributed by atoms with Crippen molar-refractivity contribution in [3.05, 3.63) is 34.9 Å². The number of nitrogens with one attached hydrogen (secondary N) is 1. The van der Waals surface area contributed by atoms with Crippen LogP contribution in [0.1, 0.15) is 49.0 Å². The maximum Gasteiger partial charge on any atom is 0.303 e. The maximum absolute atomic E-state index is 10.7. The molecule has 0 aromatic heterocycles. The normalized spacial score (nSPS) is 14.0. The molecule has 0 aliphatic rings. The molecule has 0 saturated carbocycles. The lowest BCUT2D eigenvalue weighted by Crippen LogP contribution is -2.36. The van der Waals surface area contributed by atoms with E-state index in [-0.39, 0.29) is 12.5 Å². The van der Waals surface area contributed by atoms with Gasteiger partial charge in [0.05, 0.1) is 6.10 Å². The highest BCUT2D eigenvalue weighted by Crippen LogP contribution is 2.24. The molecule has 2 unspecified atom stereocenters. The van der Waals surface area contributed by atoms with Crippen LogP contribution in [-0.4, -0.2) is 28.8 Å². The minimum absolute atomic E-state index is 0.0588. The lowest BCUT2D eigenvalue weighted by atomic mass is 9.93. The molecule has 4 nitrogen and oxygen atoms in total. The van der Waals surface area contributed by atoms with Crippen molar-refractivity contribution in [1.29, 1.82) is 0 Å². The summed E-state index contributed by atoms with van der Waals surface area (Å²) in [6, 6.07) is 5.74. The molecule has 0 spiro atoms. The van der Waals surface area contributed by atoms with Crippen molar-refractivity contribution in [3.8, 4) is 0 Å². The van der Waals surface area contributed by atoms with Gasteiger partial charge in [-0.1, -0.05) is 30.7 Å². The molecule has 2 atom stereocenters. The summed E-state index contributed by atoms with van der Waals surface area (Å²) >= 11 is 0. The van der Waals surface area contributed by atoms with E-state index in [0.29, 0.717) is 6.42 Å². The largest absolute Gasteiger partial charge is 0.481 e. The summed E-state index contributed by atoms with van der Waals surface area (Å²) in [6.07, 6.45) is 0.747. The molecule has 112 valence electrons. The van der Waals surface area contributed by atoms with Gasteiger partial charge in [0.1, 0.15) is 0 Å². The van der Waals surface area contributed by atoms with Crippen molar-refractivity contribution >= 4 is 5.97 Å². The Kier molecular flexibility index (Phi) is 6.68. The number of carboxylic acids is 1. The Morgan fingerprint density at radius 2 is 2.05 bits per heavy atom. The van der Waals surface area contributed by atoms with Crippen LogP contribution in [0.2, 0.25) is 0 Å². The number of carbonyl (C=O) groups is 1. The van der Waals surface area contributed by atoms with E-state index in [1.807, 2.05) is 39.0 Å². The second-order valence-corrected chi connectivity index (χ2v) is 5.30. The molecule has 1 rings (SSSR count). The third-order valence-corrected chi connectivity index (χ3v) is 3.46. The molecule has 0 bridgehead atoms. The fourth-order valence-electron chi connectivity index (χ4n) is 2.28. The van der Waals surface area contributed by atoms with Gasteiger partial charge in [-0.3, -0.25) is 4.79 Å². The fourth-order valence-corrected chi connectivity index (χ4v) is 2.28. The molecule has 20 heavy (non-hydrogen) atoms. The SMILES string of the molecule is CCCNC(CCC(=O)O)C(O)c1cc(C)ccc1C. The first-order chi connectivity index (χ1) is 9.45. The van der Waals surface area contributed by atoms with E-state index in [2.05, 4.69) is 5.32 Å². The Morgan fingerprint density at radius 1 is 1.35 bits per heavy atom. The second-order valence-electron chi connectivity index (χ2n) is 5.30. The van der Waals surface area contributed by atoms with E-state index in [9.17, 15) is 9.90 Å². The van der Waals surface area contributed by atoms with Crippen LogP contribution < -0.4 is 5.32 Å². The van der Waals surface area contributed by atoms with Crippen LogP contribution in [0.3, 0.4) is 0 Å². The van der Waals surface area contributed by atoms with Crippen molar-refractivity contribution in [3.63, 3.8) is 0 Å². The minimum Gasteiger partial charge on any atom is -0.481 e. The number of carboxylic acid groups (broad SMARTS) is 1. The molecule has 0 aliphatic carbocycles. The summed E-state index contributed by atoms with van der Waals surface area (Å²) in [4.78, 5) is 10.7. The fraction of sp³-hybridized carbons (Fsp3) is 0.562. The van der Waals surface area contributed by atoms with Crippen LogP contribution in [-0.2, 0) is 4.79 Å². The number of aryl methyl sites for hydroxylation is 2. The quantitative estimate of drug-likeness (QED) is 0.684. The van der Waals surface area contributed by atoms with Crippen LogP contribution >= 0.6 is 0 Å². The van der Waals surface area contributed by atoms with E-state index in [1.54, 1.807) is 0 Å². The smallest absolute Gasteiger partial charge is 0.303 e. The number of aliphatic hydroxyl groups excluding tert-OH is 1. The van der Waals surface area contributed by atoms with Gasteiger partial charge >= 0.3 is 5.97 Å². The summed E-state index contributed by atoms with van der Waals surface area (Å²) in [5, 5.41) is 22.7. The summed E-state index contributed by atoms with van der Waals surface area (Å²) in [5.41, 5.74) is 3.00. The molecule has 0 fully saturated rings. The predicted molar refractivity (Wildman–Crippen MR) is 79.8 cm³/mol. The van der Waals surface area contributed by atoms with Crippen LogP contribution in [0, 0.1) is 13.8 Å². The Labute approximate surface area is 120 Å². The average molecular weight is 279 g/mol. The van der Waals surface area contributed by atoms with Crippen molar-refractivity contribution in [1.82, 2.24) is 5.32 Å². The van der Waals surface area contributed by atoms with Crippen LogP contribution in [0.5, 0.6) is 0 Å². The van der Waals surface area contributed by atoms with Gasteiger partial charge in [0.2, 0.25) is 0 Å². The molecular formula is C16H25NO3. The Hall–Kier alpha value is -1.39. The second kappa shape index (κ2) is 8.02. The zero-order chi connectivity index (χ0) is 15.1. The highest BCUT2D eigenvalue weighted by Gasteiger charge is 2.22. The van der Waals surface area contributed by atoms with Crippen molar-refractivity contribution in [2.24, 2.45) is 0 Å². The molecule has 1 aromatic carbocycles. The first kappa shape index (κ1) is 16.7. The summed E-state index contributed by atoms with van der Waals surface area (Å²) < 4.78 is 0. The zero-order valence-corrected chi connectivity index (χ0v) is 12.5. The van der Waals surface area contributed by atoms with Crippen molar-refractivity contribution in [2.75, 3.05) is 6.54 Å². The van der Waals surface area contributed by atoms with Gasteiger partial charge in [-0.25, -0.2) is 0 Å². The number of aliphatic hydroxyl groups is 1. The third-order valence-electron chi connectivity index (χ3n) is 3.46. The molecule has 4 heteroatoms. The molecule has 3 N–H and O–H groups in total. The van der Waals surface area contributed by atoms with E-state index in [0.717, 1.165) is 29.7 Å². The molecule has 0 saturated heterocycles. The lowest BCUT2D eigenvalue weighted by molar-refractivity contribution is -0.137. The molecule has 0 aliphatic heterocycles. The first-order valence-electron chi connectivity index (χ1n) is 7.16. The van der Waals surface area contributed by atoms with Crippen LogP contribution in [0.15, 0.2) is 18.2 Å². The highest BCUT2D eigenvalue weighted by molar-refractivity contribution is 5.66. The predicted octanol–water partition coefficient (Wildman–Crippen LogP) is 2.57. The zero-order valence-electron chi connectivity index (χ0n) is 12.5. The minimum atomic E-state index is -0.832. The van der Waals surface area contributed by atoms with Gasteiger partial charge in [-0.2, -0.15) is 0 Å². The van der Waals surface area contributed by atoms with Gasteiger partial charge in [0.15, 0.2) is 0 Å². The van der Waals surface area contributed by atoms with Gasteiger partial charge in [-0.05, 0) is 44.4 Å². The number of rotatable bonds is 8. The Bertz CT molecular complexity index is 445. The summed E-state index contributed by atoms with van der Waals surface area (Å²) in [7, 11) is 0. The monoisotopic (exact) mass is 279 g/mol. The maximum atomic E-state index is 10.7. The molecule has 0 radical (unpaired) electrons. The van der Waals surface area contributed by atoms with Crippen LogP contribution in [0.4, 0.5) is 0 Å². The van der Waals surface area contributed by atoms with Crippen molar-refractivity contribution < 1.29 is 15.0 Å².